The Labute approximate surface area is 201 Å². The van der Waals surface area contributed by atoms with Gasteiger partial charge in [0.1, 0.15) is 5.75 Å². The van der Waals surface area contributed by atoms with Gasteiger partial charge in [0, 0.05) is 50.2 Å². The van der Waals surface area contributed by atoms with E-state index in [1.807, 2.05) is 30.6 Å². The highest BCUT2D eigenvalue weighted by Gasteiger charge is 2.27. The summed E-state index contributed by atoms with van der Waals surface area (Å²) in [5.74, 6) is 0.969. The Morgan fingerprint density at radius 1 is 0.970 bits per heavy atom. The first kappa shape index (κ1) is 22.4. The summed E-state index contributed by atoms with van der Waals surface area (Å²) in [6.07, 6.45) is 4.57. The lowest BCUT2D eigenvalue weighted by Gasteiger charge is -2.36. The predicted octanol–water partition coefficient (Wildman–Crippen LogP) is 5.21. The van der Waals surface area contributed by atoms with Gasteiger partial charge in [0.05, 0.1) is 29.6 Å². The molecule has 2 aliphatic rings. The number of thiazole rings is 1. The van der Waals surface area contributed by atoms with Crippen LogP contribution in [0.2, 0.25) is 0 Å². The molecule has 1 aliphatic carbocycles. The molecule has 5 nitrogen and oxygen atoms in total. The SMILES string of the molecule is COc1ccccc1N1CCN(CCCCc2nc3c(s2)CC(OC)c2ccccc2-3)CC1. The summed E-state index contributed by atoms with van der Waals surface area (Å²) in [7, 11) is 3.56. The van der Waals surface area contributed by atoms with Crippen LogP contribution in [0.1, 0.15) is 34.4 Å². The molecule has 5 rings (SSSR count). The molecule has 0 spiro atoms. The maximum atomic E-state index is 5.76. The number of hydrogen-bond acceptors (Lipinski definition) is 6. The monoisotopic (exact) mass is 463 g/mol. The summed E-state index contributed by atoms with van der Waals surface area (Å²) >= 11 is 1.88. The number of piperazine rings is 1. The van der Waals surface area contributed by atoms with Crippen molar-refractivity contribution in [1.29, 1.82) is 0 Å². The Morgan fingerprint density at radius 3 is 2.58 bits per heavy atom. The second-order valence-corrected chi connectivity index (χ2v) is 10.0. The van der Waals surface area contributed by atoms with Gasteiger partial charge in [0.2, 0.25) is 0 Å². The highest BCUT2D eigenvalue weighted by molar-refractivity contribution is 7.12. The Kier molecular flexibility index (Phi) is 6.95. The zero-order chi connectivity index (χ0) is 22.6. The molecule has 6 heteroatoms. The highest BCUT2D eigenvalue weighted by Crippen LogP contribution is 2.42. The number of unbranched alkanes of at least 4 members (excludes halogenated alkanes) is 1. The van der Waals surface area contributed by atoms with Crippen molar-refractivity contribution in [3.8, 4) is 17.0 Å². The number of anilines is 1. The lowest BCUT2D eigenvalue weighted by Crippen LogP contribution is -2.46. The third-order valence-electron chi connectivity index (χ3n) is 6.87. The zero-order valence-electron chi connectivity index (χ0n) is 19.6. The number of nitrogens with zero attached hydrogens (tertiary/aromatic N) is 3. The topological polar surface area (TPSA) is 37.8 Å². The Bertz CT molecular complexity index is 1070. The Balaban J connectivity index is 1.11. The van der Waals surface area contributed by atoms with Crippen molar-refractivity contribution in [2.45, 2.75) is 31.8 Å². The normalized spacial score (nSPS) is 18.1. The third-order valence-corrected chi connectivity index (χ3v) is 8.01. The molecule has 0 N–H and O–H groups in total. The van der Waals surface area contributed by atoms with Gasteiger partial charge in [-0.3, -0.25) is 4.90 Å². The molecule has 1 unspecified atom stereocenters. The van der Waals surface area contributed by atoms with Crippen molar-refractivity contribution in [2.75, 3.05) is 51.8 Å². The summed E-state index contributed by atoms with van der Waals surface area (Å²) in [6, 6.07) is 16.9. The molecule has 1 aromatic heterocycles. The number of aryl methyl sites for hydroxylation is 1. The number of hydrogen-bond donors (Lipinski definition) is 0. The largest absolute Gasteiger partial charge is 0.495 e. The van der Waals surface area contributed by atoms with E-state index < -0.39 is 0 Å². The molecule has 33 heavy (non-hydrogen) atoms. The third kappa shape index (κ3) is 4.79. The smallest absolute Gasteiger partial charge is 0.142 e. The van der Waals surface area contributed by atoms with E-state index in [9.17, 15) is 0 Å². The maximum Gasteiger partial charge on any atom is 0.142 e. The molecule has 0 saturated carbocycles. The van der Waals surface area contributed by atoms with Crippen LogP contribution in [0.4, 0.5) is 5.69 Å². The van der Waals surface area contributed by atoms with E-state index in [2.05, 4.69) is 46.2 Å². The fourth-order valence-corrected chi connectivity index (χ4v) is 6.21. The summed E-state index contributed by atoms with van der Waals surface area (Å²) in [5, 5.41) is 1.27. The van der Waals surface area contributed by atoms with Crippen LogP contribution >= 0.6 is 11.3 Å². The molecule has 1 fully saturated rings. The van der Waals surface area contributed by atoms with Crippen LogP contribution in [0.3, 0.4) is 0 Å². The quantitative estimate of drug-likeness (QED) is 0.429. The van der Waals surface area contributed by atoms with Crippen LogP contribution in [0, 0.1) is 0 Å². The molecule has 1 atom stereocenters. The first-order valence-electron chi connectivity index (χ1n) is 12.0. The van der Waals surface area contributed by atoms with Crippen LogP contribution in [-0.4, -0.2) is 56.8 Å². The lowest BCUT2D eigenvalue weighted by molar-refractivity contribution is 0.103. The minimum absolute atomic E-state index is 0.150. The van der Waals surface area contributed by atoms with Crippen molar-refractivity contribution < 1.29 is 9.47 Å². The van der Waals surface area contributed by atoms with Crippen LogP contribution in [-0.2, 0) is 17.6 Å². The fourth-order valence-electron chi connectivity index (χ4n) is 5.05. The minimum atomic E-state index is 0.150. The Hall–Kier alpha value is -2.41. The van der Waals surface area contributed by atoms with Gasteiger partial charge in [0.15, 0.2) is 0 Å². The molecule has 1 saturated heterocycles. The fraction of sp³-hybridized carbons (Fsp3) is 0.444. The van der Waals surface area contributed by atoms with Gasteiger partial charge in [-0.1, -0.05) is 36.4 Å². The number of methoxy groups -OCH3 is 2. The molecule has 3 aromatic rings. The van der Waals surface area contributed by atoms with Crippen molar-refractivity contribution >= 4 is 17.0 Å². The van der Waals surface area contributed by atoms with E-state index in [0.717, 1.165) is 44.8 Å². The van der Waals surface area contributed by atoms with Gasteiger partial charge in [-0.2, -0.15) is 0 Å². The van der Waals surface area contributed by atoms with Crippen molar-refractivity contribution in [2.24, 2.45) is 0 Å². The van der Waals surface area contributed by atoms with Crippen LogP contribution in [0.15, 0.2) is 48.5 Å². The maximum absolute atomic E-state index is 5.76. The van der Waals surface area contributed by atoms with Crippen LogP contribution in [0.5, 0.6) is 5.75 Å². The van der Waals surface area contributed by atoms with Gasteiger partial charge < -0.3 is 14.4 Å². The summed E-state index contributed by atoms with van der Waals surface area (Å²) in [4.78, 5) is 11.5. The average molecular weight is 464 g/mol. The average Bonchev–Trinajstić information content (AvgIpc) is 3.29. The van der Waals surface area contributed by atoms with E-state index in [1.54, 1.807) is 7.11 Å². The molecule has 1 aliphatic heterocycles. The number of rotatable bonds is 8. The van der Waals surface area contributed by atoms with Gasteiger partial charge in [0.25, 0.3) is 0 Å². The second-order valence-electron chi connectivity index (χ2n) is 8.85. The van der Waals surface area contributed by atoms with E-state index in [-0.39, 0.29) is 6.10 Å². The molecule has 2 heterocycles. The van der Waals surface area contributed by atoms with Gasteiger partial charge >= 0.3 is 0 Å². The van der Waals surface area contributed by atoms with E-state index >= 15 is 0 Å². The number of aromatic nitrogens is 1. The molecular weight excluding hydrogens is 430 g/mol. The molecule has 174 valence electrons. The van der Waals surface area contributed by atoms with Gasteiger partial charge in [-0.05, 0) is 43.5 Å². The first-order chi connectivity index (χ1) is 16.3. The zero-order valence-corrected chi connectivity index (χ0v) is 20.4. The predicted molar refractivity (Wildman–Crippen MR) is 136 cm³/mol. The summed E-state index contributed by atoms with van der Waals surface area (Å²) in [5.41, 5.74) is 4.92. The number of fused-ring (bicyclic) bond motifs is 3. The molecule has 0 radical (unpaired) electrons. The highest BCUT2D eigenvalue weighted by atomic mass is 32.1. The van der Waals surface area contributed by atoms with Gasteiger partial charge in [-0.15, -0.1) is 11.3 Å². The minimum Gasteiger partial charge on any atom is -0.495 e. The van der Waals surface area contributed by atoms with Gasteiger partial charge in [-0.25, -0.2) is 4.98 Å². The number of para-hydroxylation sites is 2. The number of ether oxygens (including phenoxy) is 2. The van der Waals surface area contributed by atoms with Crippen LogP contribution < -0.4 is 9.64 Å². The molecule has 0 bridgehead atoms. The summed E-state index contributed by atoms with van der Waals surface area (Å²) < 4.78 is 11.3. The van der Waals surface area contributed by atoms with E-state index in [1.165, 1.54) is 51.8 Å². The molecular formula is C27H33N3O2S. The van der Waals surface area contributed by atoms with Crippen LogP contribution in [0.25, 0.3) is 11.3 Å². The van der Waals surface area contributed by atoms with E-state index in [4.69, 9.17) is 14.5 Å². The summed E-state index contributed by atoms with van der Waals surface area (Å²) in [6.45, 7) is 5.50. The van der Waals surface area contributed by atoms with Crippen molar-refractivity contribution in [1.82, 2.24) is 9.88 Å². The standard InChI is InChI=1S/C27H33N3O2S/c1-31-23-12-6-5-11-22(23)30-17-15-29(16-18-30)14-8-7-13-26-28-27-21-10-4-3-9-20(21)24(32-2)19-25(27)33-26/h3-6,9-12,24H,7-8,13-19H2,1-2H3. The van der Waals surface area contributed by atoms with Crippen molar-refractivity contribution in [3.63, 3.8) is 0 Å². The Morgan fingerprint density at radius 2 is 1.76 bits per heavy atom. The van der Waals surface area contributed by atoms with E-state index in [0.29, 0.717) is 0 Å². The lowest BCUT2D eigenvalue weighted by atomic mass is 9.91. The second kappa shape index (κ2) is 10.2. The first-order valence-corrected chi connectivity index (χ1v) is 12.8. The number of benzene rings is 2. The van der Waals surface area contributed by atoms with Crippen molar-refractivity contribution in [3.05, 3.63) is 64.0 Å². The molecule has 0 amide bonds. The molecule has 2 aromatic carbocycles.